The van der Waals surface area contributed by atoms with Crippen molar-refractivity contribution in [3.63, 3.8) is 0 Å². The van der Waals surface area contributed by atoms with Crippen LogP contribution in [0.25, 0.3) is 0 Å². The first-order valence-corrected chi connectivity index (χ1v) is 14.3. The lowest BCUT2D eigenvalue weighted by molar-refractivity contribution is 0.180. The van der Waals surface area contributed by atoms with E-state index in [1.165, 1.54) is 108 Å². The maximum atomic E-state index is 6.28. The summed E-state index contributed by atoms with van der Waals surface area (Å²) in [6.45, 7) is 10.5. The molecule has 2 nitrogen and oxygen atoms in total. The molecule has 0 amide bonds. The number of rotatable bonds is 21. The number of hydrogen-bond donors (Lipinski definition) is 0. The molecule has 0 radical (unpaired) electrons. The first kappa shape index (κ1) is 26.1. The van der Waals surface area contributed by atoms with Crippen LogP contribution >= 0.6 is 0 Å². The van der Waals surface area contributed by atoms with Crippen molar-refractivity contribution in [2.75, 3.05) is 13.2 Å². The Morgan fingerprint density at radius 1 is 0.423 bits per heavy atom. The van der Waals surface area contributed by atoms with Crippen molar-refractivity contribution in [2.45, 2.75) is 136 Å². The number of hydrogen-bond acceptors (Lipinski definition) is 2. The summed E-state index contributed by atoms with van der Waals surface area (Å²) in [5, 5.41) is 0. The summed E-state index contributed by atoms with van der Waals surface area (Å²) in [5.41, 5.74) is 0. The summed E-state index contributed by atoms with van der Waals surface area (Å²) < 4.78 is 12.6. The predicted molar refractivity (Wildman–Crippen MR) is 119 cm³/mol. The van der Waals surface area contributed by atoms with Gasteiger partial charge in [0.15, 0.2) is 0 Å². The summed E-state index contributed by atoms with van der Waals surface area (Å²) in [6.07, 6.45) is 20.7. The Bertz CT molecular complexity index is 265. The van der Waals surface area contributed by atoms with Crippen molar-refractivity contribution in [2.24, 2.45) is 0 Å². The average Bonchev–Trinajstić information content (AvgIpc) is 2.63. The molecule has 0 atom stereocenters. The molecular formula is C23H50O2Si. The Kier molecular flexibility index (Phi) is 20.0. The second-order valence-electron chi connectivity index (χ2n) is 7.87. The molecule has 0 rings (SSSR count). The predicted octanol–water partition coefficient (Wildman–Crippen LogP) is 8.39. The van der Waals surface area contributed by atoms with Crippen LogP contribution in [0.3, 0.4) is 0 Å². The van der Waals surface area contributed by atoms with Gasteiger partial charge in [-0.2, -0.15) is 0 Å². The fourth-order valence-electron chi connectivity index (χ4n) is 3.86. The summed E-state index contributed by atoms with van der Waals surface area (Å²) in [7, 11) is -1.95. The van der Waals surface area contributed by atoms with Gasteiger partial charge in [0, 0.05) is 13.2 Å². The van der Waals surface area contributed by atoms with Crippen molar-refractivity contribution in [1.82, 2.24) is 0 Å². The lowest BCUT2D eigenvalue weighted by atomic mass is 10.1. The van der Waals surface area contributed by atoms with E-state index in [4.69, 9.17) is 8.85 Å². The zero-order valence-electron chi connectivity index (χ0n) is 18.8. The van der Waals surface area contributed by atoms with Gasteiger partial charge in [0.1, 0.15) is 0 Å². The summed E-state index contributed by atoms with van der Waals surface area (Å²) in [4.78, 5) is 0. The highest BCUT2D eigenvalue weighted by molar-refractivity contribution is 6.67. The van der Waals surface area contributed by atoms with Crippen LogP contribution in [0, 0.1) is 0 Å². The maximum absolute atomic E-state index is 6.28. The second-order valence-corrected chi connectivity index (χ2v) is 11.3. The van der Waals surface area contributed by atoms with Crippen LogP contribution in [-0.2, 0) is 8.85 Å². The molecule has 26 heavy (non-hydrogen) atoms. The lowest BCUT2D eigenvalue weighted by Gasteiger charge is -2.30. The van der Waals surface area contributed by atoms with E-state index in [1.807, 2.05) is 0 Å². The van der Waals surface area contributed by atoms with Crippen LogP contribution in [0.15, 0.2) is 0 Å². The molecule has 158 valence electrons. The number of unbranched alkanes of at least 4 members (excludes halogenated alkanes) is 13. The standard InChI is InChI=1S/C23H50O2Si/c1-5-9-11-13-14-15-16-17-19-21-23-26(24-7-3,25-8-4)22-20-18-12-10-6-2/h5-23H2,1-4H3. The van der Waals surface area contributed by atoms with Crippen LogP contribution < -0.4 is 0 Å². The van der Waals surface area contributed by atoms with Crippen LogP contribution in [-0.4, -0.2) is 21.8 Å². The minimum absolute atomic E-state index is 0.818. The van der Waals surface area contributed by atoms with Crippen LogP contribution in [0.5, 0.6) is 0 Å². The molecule has 0 spiro atoms. The zero-order valence-corrected chi connectivity index (χ0v) is 19.8. The van der Waals surface area contributed by atoms with Crippen LogP contribution in [0.4, 0.5) is 0 Å². The van der Waals surface area contributed by atoms with Gasteiger partial charge < -0.3 is 8.85 Å². The van der Waals surface area contributed by atoms with E-state index < -0.39 is 8.56 Å². The third-order valence-electron chi connectivity index (χ3n) is 5.39. The second kappa shape index (κ2) is 19.9. The largest absolute Gasteiger partial charge is 0.394 e. The van der Waals surface area contributed by atoms with E-state index in [-0.39, 0.29) is 0 Å². The topological polar surface area (TPSA) is 18.5 Å². The lowest BCUT2D eigenvalue weighted by Crippen LogP contribution is -2.42. The quantitative estimate of drug-likeness (QED) is 0.146. The third-order valence-corrected chi connectivity index (χ3v) is 9.25. The molecule has 0 aliphatic carbocycles. The highest BCUT2D eigenvalue weighted by atomic mass is 28.4. The van der Waals surface area contributed by atoms with E-state index in [0.29, 0.717) is 0 Å². The highest BCUT2D eigenvalue weighted by Crippen LogP contribution is 2.26. The van der Waals surface area contributed by atoms with E-state index in [2.05, 4.69) is 27.7 Å². The van der Waals surface area contributed by atoms with Gasteiger partial charge in [-0.15, -0.1) is 0 Å². The van der Waals surface area contributed by atoms with Gasteiger partial charge in [0.25, 0.3) is 0 Å². The van der Waals surface area contributed by atoms with Gasteiger partial charge in [0.2, 0.25) is 0 Å². The van der Waals surface area contributed by atoms with E-state index in [1.54, 1.807) is 0 Å². The van der Waals surface area contributed by atoms with Crippen molar-refractivity contribution in [3.8, 4) is 0 Å². The Morgan fingerprint density at radius 3 is 1.04 bits per heavy atom. The Hall–Kier alpha value is 0.137. The zero-order chi connectivity index (χ0) is 19.3. The van der Waals surface area contributed by atoms with Crippen LogP contribution in [0.1, 0.15) is 124 Å². The highest BCUT2D eigenvalue weighted by Gasteiger charge is 2.35. The summed E-state index contributed by atoms with van der Waals surface area (Å²) in [6, 6.07) is 2.41. The third kappa shape index (κ3) is 15.2. The molecule has 0 unspecified atom stereocenters. The molecule has 0 saturated carbocycles. The Balaban J connectivity index is 3.94. The van der Waals surface area contributed by atoms with Crippen molar-refractivity contribution < 1.29 is 8.85 Å². The normalized spacial score (nSPS) is 12.0. The smallest absolute Gasteiger partial charge is 0.338 e. The van der Waals surface area contributed by atoms with Gasteiger partial charge in [0.05, 0.1) is 0 Å². The molecule has 0 fully saturated rings. The van der Waals surface area contributed by atoms with E-state index >= 15 is 0 Å². The monoisotopic (exact) mass is 386 g/mol. The van der Waals surface area contributed by atoms with Gasteiger partial charge in [-0.05, 0) is 25.9 Å². The van der Waals surface area contributed by atoms with Crippen molar-refractivity contribution in [3.05, 3.63) is 0 Å². The maximum Gasteiger partial charge on any atom is 0.338 e. The first-order valence-electron chi connectivity index (χ1n) is 12.0. The molecular weight excluding hydrogens is 336 g/mol. The van der Waals surface area contributed by atoms with Gasteiger partial charge in [-0.1, -0.05) is 110 Å². The molecule has 0 aliphatic rings. The Labute approximate surface area is 167 Å². The molecule has 0 aromatic heterocycles. The summed E-state index contributed by atoms with van der Waals surface area (Å²) >= 11 is 0. The van der Waals surface area contributed by atoms with Crippen molar-refractivity contribution in [1.29, 1.82) is 0 Å². The average molecular weight is 387 g/mol. The van der Waals surface area contributed by atoms with Crippen LogP contribution in [0.2, 0.25) is 12.1 Å². The molecule has 0 aliphatic heterocycles. The van der Waals surface area contributed by atoms with Gasteiger partial charge >= 0.3 is 8.56 Å². The molecule has 0 aromatic carbocycles. The van der Waals surface area contributed by atoms with Gasteiger partial charge in [-0.25, -0.2) is 0 Å². The summed E-state index contributed by atoms with van der Waals surface area (Å²) in [5.74, 6) is 0. The molecule has 0 heterocycles. The molecule has 0 N–H and O–H groups in total. The fourth-order valence-corrected chi connectivity index (χ4v) is 7.40. The first-order chi connectivity index (χ1) is 12.7. The SMILES string of the molecule is CCCCCCCCCCCC[Si](CCCCCCC)(OCC)OCC. The van der Waals surface area contributed by atoms with Gasteiger partial charge in [-0.3, -0.25) is 0 Å². The minimum Gasteiger partial charge on any atom is -0.394 e. The molecule has 3 heteroatoms. The molecule has 0 bridgehead atoms. The molecule has 0 saturated heterocycles. The van der Waals surface area contributed by atoms with E-state index in [9.17, 15) is 0 Å². The molecule has 0 aromatic rings. The minimum atomic E-state index is -1.95. The fraction of sp³-hybridized carbons (Fsp3) is 1.00. The Morgan fingerprint density at radius 2 is 0.731 bits per heavy atom. The van der Waals surface area contributed by atoms with Crippen molar-refractivity contribution >= 4 is 8.56 Å². The van der Waals surface area contributed by atoms with E-state index in [0.717, 1.165) is 13.2 Å².